The zero-order chi connectivity index (χ0) is 14.0. The molecule has 0 unspecified atom stereocenters. The summed E-state index contributed by atoms with van der Waals surface area (Å²) in [6.07, 6.45) is 3.41. The largest absolute Gasteiger partial charge is 0.399 e. The summed E-state index contributed by atoms with van der Waals surface area (Å²) in [5.41, 5.74) is 7.17. The molecule has 4 nitrogen and oxygen atoms in total. The van der Waals surface area contributed by atoms with Gasteiger partial charge in [0.1, 0.15) is 0 Å². The molecular formula is C16H16N4. The Morgan fingerprint density at radius 3 is 1.75 bits per heavy atom. The van der Waals surface area contributed by atoms with Crippen LogP contribution in [0.1, 0.15) is 0 Å². The van der Waals surface area contributed by atoms with Gasteiger partial charge >= 0.3 is 0 Å². The molecule has 20 heavy (non-hydrogen) atoms. The standard InChI is InChI=1S/C10H9N3.C6H7N/c1-2-5-9(6-3-1)13-10-11-7-4-8-12-10;7-6-4-2-1-3-5-6/h1-8H,(H,11,12,13);1-5H,7H2. The fourth-order valence-corrected chi connectivity index (χ4v) is 1.47. The van der Waals surface area contributed by atoms with Crippen LogP contribution in [0.25, 0.3) is 0 Å². The number of para-hydroxylation sites is 2. The minimum atomic E-state index is 0.619. The van der Waals surface area contributed by atoms with Crippen molar-refractivity contribution in [2.45, 2.75) is 0 Å². The van der Waals surface area contributed by atoms with Gasteiger partial charge < -0.3 is 11.1 Å². The van der Waals surface area contributed by atoms with E-state index >= 15 is 0 Å². The number of aromatic nitrogens is 2. The smallest absolute Gasteiger partial charge is 0.227 e. The van der Waals surface area contributed by atoms with Crippen LogP contribution in [0, 0.1) is 0 Å². The van der Waals surface area contributed by atoms with Gasteiger partial charge in [0.15, 0.2) is 0 Å². The molecule has 4 heteroatoms. The normalized spacial score (nSPS) is 9.20. The Labute approximate surface area is 118 Å². The first-order chi connectivity index (χ1) is 9.84. The molecule has 0 bridgehead atoms. The molecule has 0 spiro atoms. The first kappa shape index (κ1) is 13.5. The number of hydrogen-bond acceptors (Lipinski definition) is 4. The molecule has 1 heterocycles. The molecule has 0 amide bonds. The number of anilines is 3. The molecule has 0 radical (unpaired) electrons. The highest BCUT2D eigenvalue weighted by molar-refractivity contribution is 5.52. The minimum absolute atomic E-state index is 0.619. The van der Waals surface area contributed by atoms with Gasteiger partial charge in [-0.2, -0.15) is 0 Å². The topological polar surface area (TPSA) is 63.8 Å². The van der Waals surface area contributed by atoms with Crippen molar-refractivity contribution < 1.29 is 0 Å². The van der Waals surface area contributed by atoms with Crippen molar-refractivity contribution in [1.82, 2.24) is 9.97 Å². The van der Waals surface area contributed by atoms with E-state index in [1.54, 1.807) is 18.5 Å². The van der Waals surface area contributed by atoms with Gasteiger partial charge in [0, 0.05) is 23.8 Å². The molecule has 0 atom stereocenters. The van der Waals surface area contributed by atoms with Crippen LogP contribution in [0.5, 0.6) is 0 Å². The van der Waals surface area contributed by atoms with E-state index < -0.39 is 0 Å². The van der Waals surface area contributed by atoms with Crippen LogP contribution >= 0.6 is 0 Å². The van der Waals surface area contributed by atoms with Crippen molar-refractivity contribution >= 4 is 17.3 Å². The van der Waals surface area contributed by atoms with Crippen LogP contribution in [0.3, 0.4) is 0 Å². The fourth-order valence-electron chi connectivity index (χ4n) is 1.47. The van der Waals surface area contributed by atoms with Crippen molar-refractivity contribution in [2.75, 3.05) is 11.1 Å². The molecule has 0 saturated carbocycles. The maximum atomic E-state index is 5.36. The summed E-state index contributed by atoms with van der Waals surface area (Å²) in [6, 6.07) is 21.1. The molecule has 2 aromatic carbocycles. The predicted octanol–water partition coefficient (Wildman–Crippen LogP) is 3.49. The number of rotatable bonds is 2. The average molecular weight is 264 g/mol. The molecule has 100 valence electrons. The van der Waals surface area contributed by atoms with Gasteiger partial charge in [-0.15, -0.1) is 0 Å². The summed E-state index contributed by atoms with van der Waals surface area (Å²) in [5, 5.41) is 3.08. The Kier molecular flexibility index (Phi) is 5.10. The van der Waals surface area contributed by atoms with Crippen LogP contribution in [-0.4, -0.2) is 9.97 Å². The van der Waals surface area contributed by atoms with Crippen LogP contribution < -0.4 is 11.1 Å². The third kappa shape index (κ3) is 4.78. The summed E-state index contributed by atoms with van der Waals surface area (Å²) >= 11 is 0. The van der Waals surface area contributed by atoms with E-state index in [2.05, 4.69) is 15.3 Å². The van der Waals surface area contributed by atoms with Gasteiger partial charge in [-0.1, -0.05) is 36.4 Å². The van der Waals surface area contributed by atoms with E-state index in [4.69, 9.17) is 5.73 Å². The Morgan fingerprint density at radius 1 is 0.700 bits per heavy atom. The Hall–Kier alpha value is -2.88. The van der Waals surface area contributed by atoms with Gasteiger partial charge in [-0.05, 0) is 30.3 Å². The van der Waals surface area contributed by atoms with Crippen LogP contribution in [0.2, 0.25) is 0 Å². The Bertz CT molecular complexity index is 560. The lowest BCUT2D eigenvalue weighted by molar-refractivity contribution is 1.17. The van der Waals surface area contributed by atoms with E-state index in [1.165, 1.54) is 0 Å². The molecule has 3 aromatic rings. The molecule has 3 rings (SSSR count). The first-order valence-electron chi connectivity index (χ1n) is 6.24. The second kappa shape index (κ2) is 7.53. The zero-order valence-corrected chi connectivity index (χ0v) is 11.0. The van der Waals surface area contributed by atoms with Crippen molar-refractivity contribution in [3.05, 3.63) is 79.1 Å². The van der Waals surface area contributed by atoms with Gasteiger partial charge in [-0.25, -0.2) is 9.97 Å². The monoisotopic (exact) mass is 264 g/mol. The highest BCUT2D eigenvalue weighted by atomic mass is 15.1. The highest BCUT2D eigenvalue weighted by Gasteiger charge is 1.92. The van der Waals surface area contributed by atoms with Crippen molar-refractivity contribution in [1.29, 1.82) is 0 Å². The third-order valence-electron chi connectivity index (χ3n) is 2.40. The molecule has 0 aliphatic rings. The number of hydrogen-bond donors (Lipinski definition) is 2. The summed E-state index contributed by atoms with van der Waals surface area (Å²) in [6.45, 7) is 0. The molecular weight excluding hydrogens is 248 g/mol. The molecule has 3 N–H and O–H groups in total. The van der Waals surface area contributed by atoms with E-state index in [0.717, 1.165) is 11.4 Å². The highest BCUT2D eigenvalue weighted by Crippen LogP contribution is 2.09. The molecule has 0 aliphatic carbocycles. The lowest BCUT2D eigenvalue weighted by Gasteiger charge is -2.02. The van der Waals surface area contributed by atoms with E-state index in [0.29, 0.717) is 5.95 Å². The quantitative estimate of drug-likeness (QED) is 0.695. The summed E-state index contributed by atoms with van der Waals surface area (Å²) in [4.78, 5) is 8.10. The SMILES string of the molecule is Nc1ccccc1.c1ccc(Nc2ncccn2)cc1. The number of nitrogen functional groups attached to an aromatic ring is 1. The lowest BCUT2D eigenvalue weighted by Crippen LogP contribution is -1.94. The third-order valence-corrected chi connectivity index (χ3v) is 2.40. The van der Waals surface area contributed by atoms with Crippen molar-refractivity contribution in [3.63, 3.8) is 0 Å². The lowest BCUT2D eigenvalue weighted by atomic mass is 10.3. The van der Waals surface area contributed by atoms with E-state index in [9.17, 15) is 0 Å². The van der Waals surface area contributed by atoms with Crippen LogP contribution in [-0.2, 0) is 0 Å². The second-order valence-electron chi connectivity index (χ2n) is 3.97. The molecule has 0 fully saturated rings. The zero-order valence-electron chi connectivity index (χ0n) is 11.0. The van der Waals surface area contributed by atoms with Crippen molar-refractivity contribution in [3.8, 4) is 0 Å². The number of benzene rings is 2. The predicted molar refractivity (Wildman–Crippen MR) is 82.6 cm³/mol. The maximum Gasteiger partial charge on any atom is 0.227 e. The van der Waals surface area contributed by atoms with E-state index in [-0.39, 0.29) is 0 Å². The van der Waals surface area contributed by atoms with Gasteiger partial charge in [-0.3, -0.25) is 0 Å². The number of nitrogens with one attached hydrogen (secondary N) is 1. The summed E-state index contributed by atoms with van der Waals surface area (Å²) in [7, 11) is 0. The minimum Gasteiger partial charge on any atom is -0.399 e. The Balaban J connectivity index is 0.000000178. The summed E-state index contributed by atoms with van der Waals surface area (Å²) < 4.78 is 0. The Morgan fingerprint density at radius 2 is 1.25 bits per heavy atom. The molecule has 0 saturated heterocycles. The molecule has 1 aromatic heterocycles. The van der Waals surface area contributed by atoms with Crippen LogP contribution in [0.4, 0.5) is 17.3 Å². The maximum absolute atomic E-state index is 5.36. The first-order valence-corrected chi connectivity index (χ1v) is 6.24. The van der Waals surface area contributed by atoms with E-state index in [1.807, 2.05) is 60.7 Å². The second-order valence-corrected chi connectivity index (χ2v) is 3.97. The van der Waals surface area contributed by atoms with Gasteiger partial charge in [0.25, 0.3) is 0 Å². The van der Waals surface area contributed by atoms with Gasteiger partial charge in [0.05, 0.1) is 0 Å². The van der Waals surface area contributed by atoms with Crippen LogP contribution in [0.15, 0.2) is 79.1 Å². The number of nitrogens with two attached hydrogens (primary N) is 1. The average Bonchev–Trinajstić information content (AvgIpc) is 2.51. The van der Waals surface area contributed by atoms with Crippen molar-refractivity contribution in [2.24, 2.45) is 0 Å². The van der Waals surface area contributed by atoms with Gasteiger partial charge in [0.2, 0.25) is 5.95 Å². The summed E-state index contributed by atoms with van der Waals surface area (Å²) in [5.74, 6) is 0.619. The molecule has 0 aliphatic heterocycles. The number of nitrogens with zero attached hydrogens (tertiary/aromatic N) is 2. The fraction of sp³-hybridized carbons (Fsp3) is 0.